The summed E-state index contributed by atoms with van der Waals surface area (Å²) >= 11 is 1.64. The smallest absolute Gasteiger partial charge is 0.295 e. The van der Waals surface area contributed by atoms with Gasteiger partial charge in [-0.3, -0.25) is 9.69 Å². The summed E-state index contributed by atoms with van der Waals surface area (Å²) in [6.07, 6.45) is 3.17. The van der Waals surface area contributed by atoms with Gasteiger partial charge in [-0.25, -0.2) is 4.98 Å². The fraction of sp³-hybridized carbons (Fsp3) is 0.0909. The maximum Gasteiger partial charge on any atom is 0.295 e. The largest absolute Gasteiger partial charge is 0.497 e. The first-order chi connectivity index (χ1) is 13.7. The van der Waals surface area contributed by atoms with Crippen LogP contribution in [0, 0.1) is 0 Å². The van der Waals surface area contributed by atoms with Gasteiger partial charge in [-0.2, -0.15) is 0 Å². The van der Waals surface area contributed by atoms with E-state index in [0.29, 0.717) is 12.4 Å². The predicted molar refractivity (Wildman–Crippen MR) is 110 cm³/mol. The highest BCUT2D eigenvalue weighted by molar-refractivity contribution is 7.15. The summed E-state index contributed by atoms with van der Waals surface area (Å²) in [5.74, 6) is 1.48. The first-order valence-electron chi connectivity index (χ1n) is 8.74. The number of nitrogens with zero attached hydrogens (tertiary/aromatic N) is 2. The van der Waals surface area contributed by atoms with Crippen LogP contribution in [0.5, 0.6) is 5.75 Å². The molecule has 0 aliphatic heterocycles. The molecule has 5 nitrogen and oxygen atoms in total. The van der Waals surface area contributed by atoms with Crippen LogP contribution in [0.4, 0.5) is 5.82 Å². The van der Waals surface area contributed by atoms with E-state index in [0.717, 1.165) is 21.1 Å². The Bertz CT molecular complexity index is 1040. The van der Waals surface area contributed by atoms with Gasteiger partial charge in [0.1, 0.15) is 11.6 Å². The molecule has 3 heterocycles. The fourth-order valence-corrected chi connectivity index (χ4v) is 3.83. The second kappa shape index (κ2) is 8.10. The molecule has 0 saturated carbocycles. The van der Waals surface area contributed by atoms with Crippen molar-refractivity contribution in [3.63, 3.8) is 0 Å². The fourth-order valence-electron chi connectivity index (χ4n) is 2.83. The number of carbonyl (C=O) groups is 1. The summed E-state index contributed by atoms with van der Waals surface area (Å²) in [6, 6.07) is 20.9. The normalized spacial score (nSPS) is 10.6. The number of carbonyl (C=O) groups excluding carboxylic acids is 1. The molecule has 0 aliphatic carbocycles. The Hall–Kier alpha value is -3.38. The number of hydrogen-bond donors (Lipinski definition) is 0. The van der Waals surface area contributed by atoms with Crippen LogP contribution in [0.2, 0.25) is 0 Å². The number of thiophene rings is 1. The maximum absolute atomic E-state index is 12.9. The van der Waals surface area contributed by atoms with Crippen molar-refractivity contribution in [2.45, 2.75) is 6.54 Å². The Morgan fingerprint density at radius 1 is 1.07 bits per heavy atom. The lowest BCUT2D eigenvalue weighted by Gasteiger charge is -2.19. The maximum atomic E-state index is 12.9. The van der Waals surface area contributed by atoms with Gasteiger partial charge in [-0.1, -0.05) is 6.07 Å². The SMILES string of the molecule is COc1ccc(-c2ccc(CN(C(=O)c3ccco3)c3ccccn3)s2)cc1. The number of methoxy groups -OCH3 is 1. The van der Waals surface area contributed by atoms with Crippen LogP contribution >= 0.6 is 11.3 Å². The third-order valence-corrected chi connectivity index (χ3v) is 5.37. The van der Waals surface area contributed by atoms with E-state index in [-0.39, 0.29) is 11.7 Å². The Kier molecular flexibility index (Phi) is 5.21. The van der Waals surface area contributed by atoms with Gasteiger partial charge in [0.15, 0.2) is 5.76 Å². The lowest BCUT2D eigenvalue weighted by Crippen LogP contribution is -2.30. The Morgan fingerprint density at radius 2 is 1.93 bits per heavy atom. The molecule has 4 rings (SSSR count). The van der Waals surface area contributed by atoms with Gasteiger partial charge in [0, 0.05) is 16.0 Å². The number of ether oxygens (including phenoxy) is 1. The van der Waals surface area contributed by atoms with Crippen molar-refractivity contribution in [3.05, 3.63) is 89.8 Å². The molecule has 140 valence electrons. The lowest BCUT2D eigenvalue weighted by atomic mass is 10.2. The van der Waals surface area contributed by atoms with Crippen LogP contribution in [-0.2, 0) is 6.54 Å². The summed E-state index contributed by atoms with van der Waals surface area (Å²) < 4.78 is 10.5. The quantitative estimate of drug-likeness (QED) is 0.451. The van der Waals surface area contributed by atoms with E-state index in [9.17, 15) is 4.79 Å². The van der Waals surface area contributed by atoms with E-state index in [1.54, 1.807) is 41.7 Å². The minimum absolute atomic E-state index is 0.219. The van der Waals surface area contributed by atoms with Crippen molar-refractivity contribution in [2.75, 3.05) is 12.0 Å². The highest BCUT2D eigenvalue weighted by Crippen LogP contribution is 2.31. The first-order valence-corrected chi connectivity index (χ1v) is 9.56. The van der Waals surface area contributed by atoms with E-state index < -0.39 is 0 Å². The predicted octanol–water partition coefficient (Wildman–Crippen LogP) is 5.26. The molecule has 1 aromatic carbocycles. The van der Waals surface area contributed by atoms with Crippen molar-refractivity contribution < 1.29 is 13.9 Å². The van der Waals surface area contributed by atoms with E-state index in [4.69, 9.17) is 9.15 Å². The number of anilines is 1. The number of benzene rings is 1. The third-order valence-electron chi connectivity index (χ3n) is 4.25. The molecule has 6 heteroatoms. The molecular formula is C22H18N2O3S. The van der Waals surface area contributed by atoms with Gasteiger partial charge < -0.3 is 9.15 Å². The highest BCUT2D eigenvalue weighted by atomic mass is 32.1. The van der Waals surface area contributed by atoms with Crippen LogP contribution in [0.25, 0.3) is 10.4 Å². The van der Waals surface area contributed by atoms with Gasteiger partial charge in [0.05, 0.1) is 19.9 Å². The molecule has 0 radical (unpaired) electrons. The molecular weight excluding hydrogens is 372 g/mol. The zero-order valence-corrected chi connectivity index (χ0v) is 16.1. The summed E-state index contributed by atoms with van der Waals surface area (Å²) in [4.78, 5) is 21.1. The van der Waals surface area contributed by atoms with Gasteiger partial charge in [-0.15, -0.1) is 11.3 Å². The zero-order valence-electron chi connectivity index (χ0n) is 15.2. The topological polar surface area (TPSA) is 55.6 Å². The molecule has 0 unspecified atom stereocenters. The van der Waals surface area contributed by atoms with Crippen LogP contribution < -0.4 is 9.64 Å². The summed E-state index contributed by atoms with van der Waals surface area (Å²) in [5, 5.41) is 0. The molecule has 0 N–H and O–H groups in total. The number of pyridine rings is 1. The van der Waals surface area contributed by atoms with E-state index in [2.05, 4.69) is 11.1 Å². The summed E-state index contributed by atoms with van der Waals surface area (Å²) in [6.45, 7) is 0.414. The molecule has 0 fully saturated rings. The minimum atomic E-state index is -0.219. The summed E-state index contributed by atoms with van der Waals surface area (Å²) in [5.41, 5.74) is 1.11. The van der Waals surface area contributed by atoms with E-state index in [1.165, 1.54) is 6.26 Å². The van der Waals surface area contributed by atoms with Crippen LogP contribution in [0.1, 0.15) is 15.4 Å². The average molecular weight is 390 g/mol. The van der Waals surface area contributed by atoms with E-state index in [1.807, 2.05) is 48.5 Å². The van der Waals surface area contributed by atoms with Gasteiger partial charge >= 0.3 is 0 Å². The number of aromatic nitrogens is 1. The van der Waals surface area contributed by atoms with Crippen LogP contribution in [0.15, 0.2) is 83.6 Å². The van der Waals surface area contributed by atoms with Gasteiger partial charge in [-0.05, 0) is 66.2 Å². The van der Waals surface area contributed by atoms with Gasteiger partial charge in [0.2, 0.25) is 0 Å². The molecule has 4 aromatic rings. The zero-order chi connectivity index (χ0) is 19.3. The standard InChI is InChI=1S/C22H18N2O3S/c1-26-17-9-7-16(8-10-17)20-12-11-18(28-20)15-24(21-6-2-3-13-23-21)22(25)19-5-4-14-27-19/h2-14H,15H2,1H3. The van der Waals surface area contributed by atoms with E-state index >= 15 is 0 Å². The van der Waals surface area contributed by atoms with Crippen molar-refractivity contribution in [2.24, 2.45) is 0 Å². The average Bonchev–Trinajstić information content (AvgIpc) is 3.45. The second-order valence-electron chi connectivity index (χ2n) is 6.05. The molecule has 3 aromatic heterocycles. The summed E-state index contributed by atoms with van der Waals surface area (Å²) in [7, 11) is 1.65. The number of hydrogen-bond acceptors (Lipinski definition) is 5. The van der Waals surface area contributed by atoms with Crippen molar-refractivity contribution in [1.29, 1.82) is 0 Å². The van der Waals surface area contributed by atoms with Crippen LogP contribution in [0.3, 0.4) is 0 Å². The minimum Gasteiger partial charge on any atom is -0.497 e. The van der Waals surface area contributed by atoms with Crippen molar-refractivity contribution >= 4 is 23.1 Å². The molecule has 0 spiro atoms. The van der Waals surface area contributed by atoms with Crippen LogP contribution in [-0.4, -0.2) is 18.0 Å². The first kappa shape index (κ1) is 18.0. The Balaban J connectivity index is 1.60. The Morgan fingerprint density at radius 3 is 2.61 bits per heavy atom. The monoisotopic (exact) mass is 390 g/mol. The molecule has 1 amide bonds. The third kappa shape index (κ3) is 3.82. The van der Waals surface area contributed by atoms with Crippen molar-refractivity contribution in [1.82, 2.24) is 4.98 Å². The molecule has 0 bridgehead atoms. The Labute approximate surface area is 166 Å². The second-order valence-corrected chi connectivity index (χ2v) is 7.22. The number of rotatable bonds is 6. The molecule has 0 aliphatic rings. The highest BCUT2D eigenvalue weighted by Gasteiger charge is 2.22. The lowest BCUT2D eigenvalue weighted by molar-refractivity contribution is 0.0958. The molecule has 28 heavy (non-hydrogen) atoms. The number of amides is 1. The molecule has 0 atom stereocenters. The number of furan rings is 1. The van der Waals surface area contributed by atoms with Gasteiger partial charge in [0.25, 0.3) is 5.91 Å². The molecule has 0 saturated heterocycles. The van der Waals surface area contributed by atoms with Crippen molar-refractivity contribution in [3.8, 4) is 16.2 Å².